The van der Waals surface area contributed by atoms with Gasteiger partial charge in [-0.2, -0.15) is 0 Å². The maximum atomic E-state index is 5.79. The molecule has 0 spiro atoms. The molecule has 1 fully saturated rings. The molecule has 0 radical (unpaired) electrons. The Morgan fingerprint density at radius 1 is 1.38 bits per heavy atom. The van der Waals surface area contributed by atoms with E-state index in [4.69, 9.17) is 4.74 Å². The second kappa shape index (κ2) is 8.08. The minimum absolute atomic E-state index is 0.473. The average Bonchev–Trinajstić information content (AvgIpc) is 2.83. The van der Waals surface area contributed by atoms with Crippen molar-refractivity contribution in [2.24, 2.45) is 5.92 Å². The number of hydrogen-bond acceptors (Lipinski definition) is 2. The number of rotatable bonds is 8. The van der Waals surface area contributed by atoms with E-state index in [1.165, 1.54) is 44.9 Å². The van der Waals surface area contributed by atoms with Crippen molar-refractivity contribution < 1.29 is 4.74 Å². The Hall–Kier alpha value is -0.0800. The van der Waals surface area contributed by atoms with Gasteiger partial charge in [-0.25, -0.2) is 0 Å². The van der Waals surface area contributed by atoms with Crippen molar-refractivity contribution in [3.8, 4) is 0 Å². The third kappa shape index (κ3) is 4.42. The third-order valence-electron chi connectivity index (χ3n) is 3.92. The first-order valence-electron chi connectivity index (χ1n) is 7.10. The minimum Gasteiger partial charge on any atom is -0.377 e. The fraction of sp³-hybridized carbons (Fsp3) is 1.00. The number of ether oxygens (including phenoxy) is 1. The molecule has 3 unspecified atom stereocenters. The fourth-order valence-electron chi connectivity index (χ4n) is 2.72. The zero-order valence-electron chi connectivity index (χ0n) is 11.3. The zero-order chi connectivity index (χ0) is 11.8. The van der Waals surface area contributed by atoms with Crippen LogP contribution >= 0.6 is 0 Å². The van der Waals surface area contributed by atoms with Gasteiger partial charge in [0, 0.05) is 12.6 Å². The van der Waals surface area contributed by atoms with E-state index in [9.17, 15) is 0 Å². The fourth-order valence-corrected chi connectivity index (χ4v) is 2.72. The molecule has 0 aromatic rings. The highest BCUT2D eigenvalue weighted by atomic mass is 16.5. The third-order valence-corrected chi connectivity index (χ3v) is 3.92. The van der Waals surface area contributed by atoms with Gasteiger partial charge in [0.1, 0.15) is 0 Å². The van der Waals surface area contributed by atoms with Gasteiger partial charge < -0.3 is 10.1 Å². The van der Waals surface area contributed by atoms with Gasteiger partial charge in [-0.3, -0.25) is 0 Å². The molecule has 0 saturated carbocycles. The molecule has 3 atom stereocenters. The second-order valence-electron chi connectivity index (χ2n) is 5.10. The van der Waals surface area contributed by atoms with Crippen LogP contribution < -0.4 is 5.32 Å². The molecule has 0 aromatic heterocycles. The summed E-state index contributed by atoms with van der Waals surface area (Å²) in [5, 5.41) is 3.46. The van der Waals surface area contributed by atoms with Gasteiger partial charge >= 0.3 is 0 Å². The number of hydrogen-bond donors (Lipinski definition) is 1. The molecule has 1 aliphatic rings. The standard InChI is InChI=1S/C14H29NO/c1-4-6-8-12(5-2)11-13(15-3)14-9-7-10-16-14/h12-15H,4-11H2,1-3H3. The summed E-state index contributed by atoms with van der Waals surface area (Å²) in [5.74, 6) is 0.876. The Labute approximate surface area is 101 Å². The highest BCUT2D eigenvalue weighted by Crippen LogP contribution is 2.24. The van der Waals surface area contributed by atoms with Gasteiger partial charge in [0.25, 0.3) is 0 Å². The van der Waals surface area contributed by atoms with Crippen LogP contribution in [0.15, 0.2) is 0 Å². The molecule has 2 nitrogen and oxygen atoms in total. The highest BCUT2D eigenvalue weighted by Gasteiger charge is 2.26. The first kappa shape index (κ1) is 14.0. The van der Waals surface area contributed by atoms with Crippen molar-refractivity contribution in [2.45, 2.75) is 70.9 Å². The van der Waals surface area contributed by atoms with Gasteiger partial charge in [0.2, 0.25) is 0 Å². The lowest BCUT2D eigenvalue weighted by Crippen LogP contribution is -2.38. The largest absolute Gasteiger partial charge is 0.377 e. The summed E-state index contributed by atoms with van der Waals surface area (Å²) in [4.78, 5) is 0. The summed E-state index contributed by atoms with van der Waals surface area (Å²) in [6.45, 7) is 5.57. The molecular formula is C14H29NO. The second-order valence-corrected chi connectivity index (χ2v) is 5.10. The predicted molar refractivity (Wildman–Crippen MR) is 69.7 cm³/mol. The van der Waals surface area contributed by atoms with Gasteiger partial charge in [-0.15, -0.1) is 0 Å². The van der Waals surface area contributed by atoms with Crippen molar-refractivity contribution in [1.82, 2.24) is 5.32 Å². The van der Waals surface area contributed by atoms with Crippen molar-refractivity contribution >= 4 is 0 Å². The van der Waals surface area contributed by atoms with Crippen LogP contribution in [0, 0.1) is 5.92 Å². The van der Waals surface area contributed by atoms with E-state index in [1.54, 1.807) is 0 Å². The van der Waals surface area contributed by atoms with Crippen LogP contribution in [0.3, 0.4) is 0 Å². The molecule has 1 saturated heterocycles. The number of unbranched alkanes of at least 4 members (excludes halogenated alkanes) is 1. The Bertz CT molecular complexity index is 166. The quantitative estimate of drug-likeness (QED) is 0.686. The maximum Gasteiger partial charge on any atom is 0.0728 e. The van der Waals surface area contributed by atoms with Gasteiger partial charge in [-0.05, 0) is 32.2 Å². The lowest BCUT2D eigenvalue weighted by atomic mass is 9.89. The van der Waals surface area contributed by atoms with E-state index in [1.807, 2.05) is 0 Å². The first-order valence-corrected chi connectivity index (χ1v) is 7.10. The zero-order valence-corrected chi connectivity index (χ0v) is 11.3. The Kier molecular flexibility index (Phi) is 7.06. The lowest BCUT2D eigenvalue weighted by molar-refractivity contribution is 0.0713. The molecule has 16 heavy (non-hydrogen) atoms. The van der Waals surface area contributed by atoms with E-state index in [0.717, 1.165) is 12.5 Å². The minimum atomic E-state index is 0.473. The van der Waals surface area contributed by atoms with Crippen LogP contribution in [-0.2, 0) is 4.74 Å². The van der Waals surface area contributed by atoms with Crippen molar-refractivity contribution in [1.29, 1.82) is 0 Å². The Morgan fingerprint density at radius 3 is 2.69 bits per heavy atom. The lowest BCUT2D eigenvalue weighted by Gasteiger charge is -2.26. The van der Waals surface area contributed by atoms with E-state index in [2.05, 4.69) is 26.2 Å². The summed E-state index contributed by atoms with van der Waals surface area (Å²) in [6.07, 6.45) is 9.65. The number of nitrogens with one attached hydrogen (secondary N) is 1. The SMILES string of the molecule is CCCCC(CC)CC(NC)C1CCCO1. The molecule has 1 heterocycles. The van der Waals surface area contributed by atoms with E-state index < -0.39 is 0 Å². The summed E-state index contributed by atoms with van der Waals surface area (Å²) >= 11 is 0. The van der Waals surface area contributed by atoms with Crippen LogP contribution in [0.25, 0.3) is 0 Å². The number of likely N-dealkylation sites (N-methyl/N-ethyl adjacent to an activating group) is 1. The highest BCUT2D eigenvalue weighted by molar-refractivity contribution is 4.81. The maximum absolute atomic E-state index is 5.79. The topological polar surface area (TPSA) is 21.3 Å². The van der Waals surface area contributed by atoms with Crippen LogP contribution in [-0.4, -0.2) is 25.8 Å². The van der Waals surface area contributed by atoms with Crippen molar-refractivity contribution in [3.63, 3.8) is 0 Å². The molecule has 0 aliphatic carbocycles. The van der Waals surface area contributed by atoms with Gasteiger partial charge in [-0.1, -0.05) is 39.5 Å². The van der Waals surface area contributed by atoms with Crippen LogP contribution in [0.1, 0.15) is 58.8 Å². The van der Waals surface area contributed by atoms with E-state index in [0.29, 0.717) is 12.1 Å². The summed E-state index contributed by atoms with van der Waals surface area (Å²) < 4.78 is 5.79. The van der Waals surface area contributed by atoms with Crippen LogP contribution in [0.5, 0.6) is 0 Å². The smallest absolute Gasteiger partial charge is 0.0728 e. The molecule has 0 amide bonds. The van der Waals surface area contributed by atoms with Gasteiger partial charge in [0.15, 0.2) is 0 Å². The first-order chi connectivity index (χ1) is 7.81. The molecule has 0 bridgehead atoms. The monoisotopic (exact) mass is 227 g/mol. The summed E-state index contributed by atoms with van der Waals surface area (Å²) in [5.41, 5.74) is 0. The molecular weight excluding hydrogens is 198 g/mol. The van der Waals surface area contributed by atoms with Crippen LogP contribution in [0.2, 0.25) is 0 Å². The molecule has 1 N–H and O–H groups in total. The van der Waals surface area contributed by atoms with E-state index >= 15 is 0 Å². The summed E-state index contributed by atoms with van der Waals surface area (Å²) in [7, 11) is 2.08. The normalized spacial score (nSPS) is 24.6. The molecule has 1 rings (SSSR count). The summed E-state index contributed by atoms with van der Waals surface area (Å²) in [6, 6.07) is 0.573. The molecule has 1 aliphatic heterocycles. The van der Waals surface area contributed by atoms with Crippen molar-refractivity contribution in [2.75, 3.05) is 13.7 Å². The Balaban J connectivity index is 2.33. The van der Waals surface area contributed by atoms with Crippen molar-refractivity contribution in [3.05, 3.63) is 0 Å². The van der Waals surface area contributed by atoms with Crippen LogP contribution in [0.4, 0.5) is 0 Å². The predicted octanol–water partition coefficient (Wildman–Crippen LogP) is 3.36. The molecule has 96 valence electrons. The Morgan fingerprint density at radius 2 is 2.19 bits per heavy atom. The molecule has 0 aromatic carbocycles. The van der Waals surface area contributed by atoms with E-state index in [-0.39, 0.29) is 0 Å². The average molecular weight is 227 g/mol. The molecule has 2 heteroatoms. The van der Waals surface area contributed by atoms with Gasteiger partial charge in [0.05, 0.1) is 6.10 Å².